The molecule has 1 unspecified atom stereocenters. The third-order valence-electron chi connectivity index (χ3n) is 2.96. The molecule has 110 valence electrons. The molecular weight excluding hydrogens is 274 g/mol. The molecule has 0 radical (unpaired) electrons. The number of nitrogens with zero attached hydrogens (tertiary/aromatic N) is 2. The lowest BCUT2D eigenvalue weighted by molar-refractivity contribution is 0.408. The molecule has 1 heterocycles. The lowest BCUT2D eigenvalue weighted by Crippen LogP contribution is -2.48. The summed E-state index contributed by atoms with van der Waals surface area (Å²) in [7, 11) is 0. The number of aliphatic imine (C=N–C) groups is 1. The van der Waals surface area contributed by atoms with Crippen LogP contribution < -0.4 is 5.32 Å². The molecule has 0 amide bonds. The number of rotatable bonds is 7. The Morgan fingerprint density at radius 2 is 2.42 bits per heavy atom. The number of thioether (sulfide) groups is 2. The van der Waals surface area contributed by atoms with Gasteiger partial charge in [0.25, 0.3) is 0 Å². The first kappa shape index (κ1) is 16.8. The molecule has 0 bridgehead atoms. The minimum absolute atomic E-state index is 0.757. The van der Waals surface area contributed by atoms with Gasteiger partial charge in [0.15, 0.2) is 5.96 Å². The fourth-order valence-electron chi connectivity index (χ4n) is 1.97. The maximum Gasteiger partial charge on any atom is 0.194 e. The van der Waals surface area contributed by atoms with Gasteiger partial charge >= 0.3 is 0 Å². The van der Waals surface area contributed by atoms with E-state index in [9.17, 15) is 0 Å². The standard InChI is InChI=1S/C14H27N3S2/c1-4-9-18-10-7-16-14(15-6-3)17-8-11-19-13(5-2)12-17/h4,13H,1,5-12H2,2-3H3,(H,15,16). The topological polar surface area (TPSA) is 27.6 Å². The van der Waals surface area contributed by atoms with Crippen molar-refractivity contribution in [3.05, 3.63) is 12.7 Å². The first-order valence-corrected chi connectivity index (χ1v) is 9.35. The summed E-state index contributed by atoms with van der Waals surface area (Å²) in [5.74, 6) is 4.40. The summed E-state index contributed by atoms with van der Waals surface area (Å²) in [6.45, 7) is 12.2. The van der Waals surface area contributed by atoms with Gasteiger partial charge in [0.1, 0.15) is 0 Å². The molecule has 0 aromatic heterocycles. The van der Waals surface area contributed by atoms with E-state index in [-0.39, 0.29) is 0 Å². The van der Waals surface area contributed by atoms with Gasteiger partial charge in [-0.1, -0.05) is 13.0 Å². The lowest BCUT2D eigenvalue weighted by atomic mass is 10.3. The Labute approximate surface area is 126 Å². The molecule has 0 spiro atoms. The van der Waals surface area contributed by atoms with E-state index < -0.39 is 0 Å². The summed E-state index contributed by atoms with van der Waals surface area (Å²) in [5.41, 5.74) is 0. The summed E-state index contributed by atoms with van der Waals surface area (Å²) < 4.78 is 0. The van der Waals surface area contributed by atoms with Crippen LogP contribution in [0.2, 0.25) is 0 Å². The number of hydrogen-bond donors (Lipinski definition) is 1. The second-order valence-corrected chi connectivity index (χ2v) is 7.00. The second-order valence-electron chi connectivity index (χ2n) is 4.45. The molecule has 1 atom stereocenters. The van der Waals surface area contributed by atoms with Crippen molar-refractivity contribution in [2.45, 2.75) is 25.5 Å². The van der Waals surface area contributed by atoms with Crippen LogP contribution in [0.25, 0.3) is 0 Å². The Morgan fingerprint density at radius 3 is 3.11 bits per heavy atom. The van der Waals surface area contributed by atoms with E-state index in [2.05, 4.69) is 42.4 Å². The highest BCUT2D eigenvalue weighted by atomic mass is 32.2. The van der Waals surface area contributed by atoms with Gasteiger partial charge in [-0.25, -0.2) is 0 Å². The van der Waals surface area contributed by atoms with Crippen molar-refractivity contribution in [3.63, 3.8) is 0 Å². The molecule has 5 heteroatoms. The Kier molecular flexibility index (Phi) is 9.26. The van der Waals surface area contributed by atoms with Crippen LogP contribution in [0, 0.1) is 0 Å². The Bertz CT molecular complexity index is 282. The molecule has 0 aliphatic carbocycles. The molecule has 1 saturated heterocycles. The minimum atomic E-state index is 0.757. The van der Waals surface area contributed by atoms with Crippen LogP contribution in [-0.2, 0) is 0 Å². The van der Waals surface area contributed by atoms with Gasteiger partial charge < -0.3 is 10.2 Å². The molecule has 1 rings (SSSR count). The highest BCUT2D eigenvalue weighted by Gasteiger charge is 2.21. The maximum absolute atomic E-state index is 4.74. The molecule has 3 nitrogen and oxygen atoms in total. The van der Waals surface area contributed by atoms with Crippen molar-refractivity contribution in [3.8, 4) is 0 Å². The van der Waals surface area contributed by atoms with E-state index in [0.29, 0.717) is 0 Å². The zero-order valence-electron chi connectivity index (χ0n) is 12.2. The highest BCUT2D eigenvalue weighted by Crippen LogP contribution is 2.21. The molecular formula is C14H27N3S2. The maximum atomic E-state index is 4.74. The number of guanidine groups is 1. The lowest BCUT2D eigenvalue weighted by Gasteiger charge is -2.34. The summed E-state index contributed by atoms with van der Waals surface area (Å²) in [6, 6.07) is 0. The summed E-state index contributed by atoms with van der Waals surface area (Å²) in [6.07, 6.45) is 3.20. The largest absolute Gasteiger partial charge is 0.357 e. The van der Waals surface area contributed by atoms with Crippen molar-refractivity contribution in [1.82, 2.24) is 10.2 Å². The highest BCUT2D eigenvalue weighted by molar-refractivity contribution is 8.00. The minimum Gasteiger partial charge on any atom is -0.357 e. The molecule has 1 aliphatic heterocycles. The summed E-state index contributed by atoms with van der Waals surface area (Å²) >= 11 is 3.99. The van der Waals surface area contributed by atoms with Crippen LogP contribution in [0.15, 0.2) is 17.6 Å². The van der Waals surface area contributed by atoms with Crippen LogP contribution in [0.1, 0.15) is 20.3 Å². The Morgan fingerprint density at radius 1 is 1.58 bits per heavy atom. The number of hydrogen-bond acceptors (Lipinski definition) is 3. The first-order chi connectivity index (χ1) is 9.31. The van der Waals surface area contributed by atoms with E-state index in [1.165, 1.54) is 12.2 Å². The van der Waals surface area contributed by atoms with E-state index in [1.807, 2.05) is 17.8 Å². The van der Waals surface area contributed by atoms with Gasteiger partial charge in [-0.15, -0.1) is 6.58 Å². The van der Waals surface area contributed by atoms with Gasteiger partial charge in [0.05, 0.1) is 6.54 Å². The van der Waals surface area contributed by atoms with Crippen molar-refractivity contribution in [2.24, 2.45) is 4.99 Å². The molecule has 19 heavy (non-hydrogen) atoms. The van der Waals surface area contributed by atoms with Crippen molar-refractivity contribution >= 4 is 29.5 Å². The van der Waals surface area contributed by atoms with Crippen LogP contribution in [0.5, 0.6) is 0 Å². The molecule has 0 aromatic rings. The molecule has 1 fully saturated rings. The summed E-state index contributed by atoms with van der Waals surface area (Å²) in [4.78, 5) is 7.17. The third kappa shape index (κ3) is 6.61. The number of nitrogens with one attached hydrogen (secondary N) is 1. The SMILES string of the molecule is C=CCSCCN=C(NCC)N1CCSC(CC)C1. The van der Waals surface area contributed by atoms with Crippen molar-refractivity contribution in [1.29, 1.82) is 0 Å². The van der Waals surface area contributed by atoms with Crippen molar-refractivity contribution in [2.75, 3.05) is 43.4 Å². The first-order valence-electron chi connectivity index (χ1n) is 7.15. The zero-order chi connectivity index (χ0) is 13.9. The van der Waals surface area contributed by atoms with Gasteiger partial charge in [0, 0.05) is 42.1 Å². The molecule has 1 aliphatic rings. The van der Waals surface area contributed by atoms with Gasteiger partial charge in [-0.3, -0.25) is 4.99 Å². The van der Waals surface area contributed by atoms with E-state index in [4.69, 9.17) is 4.99 Å². The van der Waals surface area contributed by atoms with Crippen LogP contribution in [-0.4, -0.2) is 59.5 Å². The van der Waals surface area contributed by atoms with E-state index in [1.54, 1.807) is 0 Å². The van der Waals surface area contributed by atoms with Crippen LogP contribution in [0.4, 0.5) is 0 Å². The Hall–Kier alpha value is -0.290. The zero-order valence-corrected chi connectivity index (χ0v) is 13.9. The van der Waals surface area contributed by atoms with Gasteiger partial charge in [0.2, 0.25) is 0 Å². The van der Waals surface area contributed by atoms with E-state index in [0.717, 1.165) is 48.9 Å². The fourth-order valence-corrected chi connectivity index (χ4v) is 3.70. The monoisotopic (exact) mass is 301 g/mol. The molecule has 0 saturated carbocycles. The smallest absolute Gasteiger partial charge is 0.194 e. The predicted octanol–water partition coefficient (Wildman–Crippen LogP) is 2.70. The summed E-state index contributed by atoms with van der Waals surface area (Å²) in [5, 5.41) is 4.18. The van der Waals surface area contributed by atoms with Gasteiger partial charge in [-0.05, 0) is 13.3 Å². The van der Waals surface area contributed by atoms with Gasteiger partial charge in [-0.2, -0.15) is 23.5 Å². The predicted molar refractivity (Wildman–Crippen MR) is 91.6 cm³/mol. The molecule has 0 aromatic carbocycles. The normalized spacial score (nSPS) is 20.4. The Balaban J connectivity index is 2.45. The third-order valence-corrected chi connectivity index (χ3v) is 5.28. The average molecular weight is 302 g/mol. The van der Waals surface area contributed by atoms with E-state index >= 15 is 0 Å². The molecule has 1 N–H and O–H groups in total. The second kappa shape index (κ2) is 10.5. The van der Waals surface area contributed by atoms with Crippen LogP contribution >= 0.6 is 23.5 Å². The quantitative estimate of drug-likeness (QED) is 0.339. The van der Waals surface area contributed by atoms with Crippen molar-refractivity contribution < 1.29 is 0 Å². The fraction of sp³-hybridized carbons (Fsp3) is 0.786. The van der Waals surface area contributed by atoms with Crippen LogP contribution in [0.3, 0.4) is 0 Å². The average Bonchev–Trinajstić information content (AvgIpc) is 2.46.